The topological polar surface area (TPSA) is 61.7 Å². The number of nitrogens with zero attached hydrogens (tertiary/aromatic N) is 1. The molecule has 5 heteroatoms. The number of carbonyl (C=O) groups excluding carboxylic acids is 1. The Morgan fingerprint density at radius 3 is 2.55 bits per heavy atom. The maximum Gasteiger partial charge on any atom is 0.231 e. The minimum absolute atomic E-state index is 0.0202. The molecule has 1 aromatic carbocycles. The summed E-state index contributed by atoms with van der Waals surface area (Å²) in [7, 11) is 0. The van der Waals surface area contributed by atoms with Crippen LogP contribution in [0.25, 0.3) is 0 Å². The third-order valence-electron chi connectivity index (χ3n) is 6.41. The van der Waals surface area contributed by atoms with Crippen molar-refractivity contribution in [3.63, 3.8) is 0 Å². The van der Waals surface area contributed by atoms with E-state index in [4.69, 9.17) is 0 Å². The standard InChI is InChI=1S/C17H21BrN2O2/c1-15(2)16(3)8-9-17(15,10-13(16)20-22)14(21)19-12-7-5-4-6-11(12)18/h4-7,22H,8-10H2,1-3H3,(H,19,21)/b20-13-/t16-,17+/m1/s1. The second kappa shape index (κ2) is 4.82. The van der Waals surface area contributed by atoms with Crippen molar-refractivity contribution < 1.29 is 10.0 Å². The molecule has 0 aromatic heterocycles. The van der Waals surface area contributed by atoms with Crippen LogP contribution in [0, 0.1) is 16.2 Å². The van der Waals surface area contributed by atoms with Crippen LogP contribution in [-0.2, 0) is 4.79 Å². The van der Waals surface area contributed by atoms with E-state index in [9.17, 15) is 10.0 Å². The zero-order chi connectivity index (χ0) is 16.2. The number of anilines is 1. The van der Waals surface area contributed by atoms with E-state index in [0.717, 1.165) is 28.7 Å². The molecule has 2 N–H and O–H groups in total. The van der Waals surface area contributed by atoms with E-state index in [2.05, 4.69) is 47.2 Å². The molecule has 118 valence electrons. The molecule has 2 fully saturated rings. The van der Waals surface area contributed by atoms with Crippen LogP contribution in [-0.4, -0.2) is 16.8 Å². The molecule has 2 saturated carbocycles. The molecule has 3 rings (SSSR count). The number of para-hydroxylation sites is 1. The normalized spacial score (nSPS) is 34.1. The Hall–Kier alpha value is -1.36. The summed E-state index contributed by atoms with van der Waals surface area (Å²) in [6.45, 7) is 6.36. The van der Waals surface area contributed by atoms with Crippen LogP contribution in [0.1, 0.15) is 40.0 Å². The van der Waals surface area contributed by atoms with Crippen LogP contribution in [0.15, 0.2) is 33.9 Å². The second-order valence-electron chi connectivity index (χ2n) is 7.20. The SMILES string of the molecule is CC1(C)[C@@]2(C(=O)Nc3ccccc3Br)CC[C@]1(C)/C(=N\O)C2. The molecular weight excluding hydrogens is 344 g/mol. The van der Waals surface area contributed by atoms with Crippen molar-refractivity contribution in [2.75, 3.05) is 5.32 Å². The van der Waals surface area contributed by atoms with Crippen LogP contribution >= 0.6 is 15.9 Å². The fraction of sp³-hybridized carbons (Fsp3) is 0.529. The first kappa shape index (κ1) is 15.5. The Morgan fingerprint density at radius 1 is 1.27 bits per heavy atom. The predicted octanol–water partition coefficient (Wildman–Crippen LogP) is 4.43. The number of rotatable bonds is 2. The zero-order valence-electron chi connectivity index (χ0n) is 13.1. The smallest absolute Gasteiger partial charge is 0.231 e. The monoisotopic (exact) mass is 364 g/mol. The van der Waals surface area contributed by atoms with E-state index in [1.54, 1.807) is 0 Å². The molecule has 0 unspecified atom stereocenters. The average molecular weight is 365 g/mol. The molecule has 0 saturated heterocycles. The Labute approximate surface area is 139 Å². The van der Waals surface area contributed by atoms with Crippen LogP contribution in [0.3, 0.4) is 0 Å². The number of nitrogens with one attached hydrogen (secondary N) is 1. The van der Waals surface area contributed by atoms with E-state index >= 15 is 0 Å². The van der Waals surface area contributed by atoms with Crippen molar-refractivity contribution in [1.29, 1.82) is 0 Å². The average Bonchev–Trinajstić information content (AvgIpc) is 2.79. The summed E-state index contributed by atoms with van der Waals surface area (Å²) in [6.07, 6.45) is 2.23. The maximum atomic E-state index is 13.1. The fourth-order valence-corrected chi connectivity index (χ4v) is 4.72. The predicted molar refractivity (Wildman–Crippen MR) is 90.2 cm³/mol. The molecular formula is C17H21BrN2O2. The number of hydrogen-bond acceptors (Lipinski definition) is 3. The van der Waals surface area contributed by atoms with Crippen LogP contribution in [0.5, 0.6) is 0 Å². The number of fused-ring (bicyclic) bond motifs is 2. The highest BCUT2D eigenvalue weighted by Gasteiger charge is 2.71. The minimum Gasteiger partial charge on any atom is -0.411 e. The van der Waals surface area contributed by atoms with Gasteiger partial charge in [-0.25, -0.2) is 0 Å². The molecule has 2 atom stereocenters. The van der Waals surface area contributed by atoms with Crippen molar-refractivity contribution in [2.45, 2.75) is 40.0 Å². The van der Waals surface area contributed by atoms with Gasteiger partial charge in [0.25, 0.3) is 0 Å². The first-order valence-corrected chi connectivity index (χ1v) is 8.35. The number of amides is 1. The molecule has 2 bridgehead atoms. The summed E-state index contributed by atoms with van der Waals surface area (Å²) >= 11 is 3.47. The third kappa shape index (κ3) is 1.75. The van der Waals surface area contributed by atoms with Gasteiger partial charge in [-0.1, -0.05) is 38.1 Å². The lowest BCUT2D eigenvalue weighted by Crippen LogP contribution is -2.43. The summed E-state index contributed by atoms with van der Waals surface area (Å²) in [5, 5.41) is 15.9. The molecule has 4 nitrogen and oxygen atoms in total. The van der Waals surface area contributed by atoms with Crippen molar-refractivity contribution in [2.24, 2.45) is 21.4 Å². The summed E-state index contributed by atoms with van der Waals surface area (Å²) < 4.78 is 0.868. The molecule has 0 spiro atoms. The Balaban J connectivity index is 1.98. The molecule has 0 aliphatic heterocycles. The van der Waals surface area contributed by atoms with Gasteiger partial charge in [-0.2, -0.15) is 0 Å². The summed E-state index contributed by atoms with van der Waals surface area (Å²) in [4.78, 5) is 13.1. The van der Waals surface area contributed by atoms with Gasteiger partial charge in [0.2, 0.25) is 5.91 Å². The number of benzene rings is 1. The van der Waals surface area contributed by atoms with E-state index in [0.29, 0.717) is 6.42 Å². The van der Waals surface area contributed by atoms with Crippen LogP contribution in [0.2, 0.25) is 0 Å². The van der Waals surface area contributed by atoms with Gasteiger partial charge in [-0.05, 0) is 46.3 Å². The minimum atomic E-state index is -0.515. The Bertz CT molecular complexity index is 670. The van der Waals surface area contributed by atoms with Gasteiger partial charge in [-0.15, -0.1) is 0 Å². The lowest BCUT2D eigenvalue weighted by atomic mass is 9.64. The van der Waals surface area contributed by atoms with Gasteiger partial charge >= 0.3 is 0 Å². The van der Waals surface area contributed by atoms with Crippen LogP contribution < -0.4 is 5.32 Å². The third-order valence-corrected chi connectivity index (χ3v) is 7.10. The molecule has 0 heterocycles. The lowest BCUT2D eigenvalue weighted by molar-refractivity contribution is -0.130. The second-order valence-corrected chi connectivity index (χ2v) is 8.05. The van der Waals surface area contributed by atoms with Crippen molar-refractivity contribution in [1.82, 2.24) is 0 Å². The molecule has 2 aliphatic rings. The highest BCUT2D eigenvalue weighted by Crippen LogP contribution is 2.71. The van der Waals surface area contributed by atoms with Gasteiger partial charge in [0.1, 0.15) is 0 Å². The van der Waals surface area contributed by atoms with Gasteiger partial charge in [0.15, 0.2) is 0 Å². The highest BCUT2D eigenvalue weighted by molar-refractivity contribution is 9.10. The summed E-state index contributed by atoms with van der Waals surface area (Å²) in [6, 6.07) is 7.61. The maximum absolute atomic E-state index is 13.1. The molecule has 2 aliphatic carbocycles. The van der Waals surface area contributed by atoms with Crippen molar-refractivity contribution >= 4 is 33.2 Å². The van der Waals surface area contributed by atoms with E-state index < -0.39 is 5.41 Å². The zero-order valence-corrected chi connectivity index (χ0v) is 14.7. The van der Waals surface area contributed by atoms with E-state index in [1.807, 2.05) is 24.3 Å². The van der Waals surface area contributed by atoms with Gasteiger partial charge in [0, 0.05) is 16.3 Å². The molecule has 1 amide bonds. The first-order chi connectivity index (χ1) is 10.3. The number of hydrogen-bond donors (Lipinski definition) is 2. The molecule has 1 aromatic rings. The fourth-order valence-electron chi connectivity index (χ4n) is 4.34. The quantitative estimate of drug-likeness (QED) is 0.602. The van der Waals surface area contributed by atoms with Crippen molar-refractivity contribution in [3.05, 3.63) is 28.7 Å². The number of oxime groups is 1. The molecule has 22 heavy (non-hydrogen) atoms. The summed E-state index contributed by atoms with van der Waals surface area (Å²) in [5.74, 6) is 0.0202. The van der Waals surface area contributed by atoms with E-state index in [-0.39, 0.29) is 16.7 Å². The number of halogens is 1. The Kier molecular flexibility index (Phi) is 3.40. The van der Waals surface area contributed by atoms with E-state index in [1.165, 1.54) is 0 Å². The lowest BCUT2D eigenvalue weighted by Gasteiger charge is -2.39. The first-order valence-electron chi connectivity index (χ1n) is 7.56. The molecule has 0 radical (unpaired) electrons. The Morgan fingerprint density at radius 2 is 1.95 bits per heavy atom. The number of carbonyl (C=O) groups is 1. The van der Waals surface area contributed by atoms with Gasteiger partial charge in [0.05, 0.1) is 16.8 Å². The van der Waals surface area contributed by atoms with Crippen LogP contribution in [0.4, 0.5) is 5.69 Å². The van der Waals surface area contributed by atoms with Crippen molar-refractivity contribution in [3.8, 4) is 0 Å². The summed E-state index contributed by atoms with van der Waals surface area (Å²) in [5.41, 5.74) is 0.560. The largest absolute Gasteiger partial charge is 0.411 e. The highest BCUT2D eigenvalue weighted by atomic mass is 79.9. The van der Waals surface area contributed by atoms with Gasteiger partial charge in [-0.3, -0.25) is 4.79 Å². The van der Waals surface area contributed by atoms with Gasteiger partial charge < -0.3 is 10.5 Å².